The van der Waals surface area contributed by atoms with Crippen LogP contribution in [0.15, 0.2) is 101 Å². The molecule has 0 saturated heterocycles. The number of hydrogen-bond donors (Lipinski definition) is 2. The summed E-state index contributed by atoms with van der Waals surface area (Å²) in [5.41, 5.74) is 0.633. The van der Waals surface area contributed by atoms with E-state index in [2.05, 4.69) is 10.0 Å². The largest absolute Gasteiger partial charge is 0.417 e. The van der Waals surface area contributed by atoms with Crippen LogP contribution in [-0.2, 0) is 31.0 Å². The highest BCUT2D eigenvalue weighted by Gasteiger charge is 2.34. The van der Waals surface area contributed by atoms with Crippen LogP contribution in [0.5, 0.6) is 0 Å². The van der Waals surface area contributed by atoms with Crippen LogP contribution in [0.3, 0.4) is 0 Å². The number of carbonyl (C=O) groups is 1. The van der Waals surface area contributed by atoms with Crippen molar-refractivity contribution in [3.63, 3.8) is 0 Å². The molecule has 0 radical (unpaired) electrons. The average molecular weight is 652 g/mol. The van der Waals surface area contributed by atoms with E-state index < -0.39 is 49.3 Å². The molecular weight excluding hydrogens is 627 g/mol. The topological polar surface area (TPSA) is 113 Å². The number of benzene rings is 4. The van der Waals surface area contributed by atoms with Gasteiger partial charge in [-0.05, 0) is 80.6 Å². The zero-order valence-corrected chi connectivity index (χ0v) is 25.1. The molecule has 0 aromatic heterocycles. The highest BCUT2D eigenvalue weighted by atomic mass is 35.5. The first-order valence-corrected chi connectivity index (χ1v) is 15.8. The molecule has 0 heterocycles. The van der Waals surface area contributed by atoms with E-state index in [1.165, 1.54) is 24.3 Å². The molecule has 0 spiro atoms. The maximum atomic E-state index is 13.5. The monoisotopic (exact) mass is 651 g/mol. The zero-order chi connectivity index (χ0) is 31.6. The molecule has 0 aliphatic heterocycles. The number of hydrogen-bond acceptors (Lipinski definition) is 5. The molecule has 4 aromatic carbocycles. The number of halogens is 4. The quantitative estimate of drug-likeness (QED) is 0.212. The summed E-state index contributed by atoms with van der Waals surface area (Å²) >= 11 is 5.59. The predicted molar refractivity (Wildman–Crippen MR) is 159 cm³/mol. The van der Waals surface area contributed by atoms with Gasteiger partial charge < -0.3 is 5.32 Å². The molecule has 1 amide bonds. The Morgan fingerprint density at radius 1 is 0.767 bits per heavy atom. The smallest absolute Gasteiger partial charge is 0.325 e. The first-order valence-electron chi connectivity index (χ1n) is 12.5. The van der Waals surface area contributed by atoms with E-state index in [0.29, 0.717) is 6.07 Å². The van der Waals surface area contributed by atoms with Gasteiger partial charge in [-0.3, -0.25) is 13.8 Å². The third-order valence-corrected chi connectivity index (χ3v) is 9.71. The molecule has 8 nitrogen and oxygen atoms in total. The molecule has 2 N–H and O–H groups in total. The number of anilines is 3. The number of carbonyl (C=O) groups excluding carboxylic acids is 1. The average Bonchev–Trinajstić information content (AvgIpc) is 2.93. The lowest BCUT2D eigenvalue weighted by atomic mass is 10.2. The van der Waals surface area contributed by atoms with E-state index in [9.17, 15) is 34.8 Å². The summed E-state index contributed by atoms with van der Waals surface area (Å²) in [5, 5.41) is 1.96. The molecule has 0 aliphatic carbocycles. The summed E-state index contributed by atoms with van der Waals surface area (Å²) in [6.45, 7) is 3.07. The lowest BCUT2D eigenvalue weighted by molar-refractivity contribution is -0.137. The second-order valence-corrected chi connectivity index (χ2v) is 13.5. The summed E-state index contributed by atoms with van der Waals surface area (Å²) in [5.74, 6) is -0.703. The molecule has 0 aliphatic rings. The van der Waals surface area contributed by atoms with Crippen LogP contribution in [0.4, 0.5) is 30.2 Å². The van der Waals surface area contributed by atoms with Gasteiger partial charge in [-0.15, -0.1) is 0 Å². The SMILES string of the molecule is Cc1ccc(N(CC(=O)Nc2ccc(S(=O)(=O)Nc3ccc(Cl)c(C(F)(F)F)c3)cc2)S(=O)(=O)c2ccc(C)cc2)cc1. The van der Waals surface area contributed by atoms with Crippen LogP contribution in [-0.4, -0.2) is 29.3 Å². The van der Waals surface area contributed by atoms with Gasteiger partial charge in [-0.1, -0.05) is 47.0 Å². The normalized spacial score (nSPS) is 12.0. The Morgan fingerprint density at radius 3 is 1.84 bits per heavy atom. The Morgan fingerprint density at radius 2 is 1.28 bits per heavy atom. The second-order valence-electron chi connectivity index (χ2n) is 9.53. The standard InChI is InChI=1S/C29H25ClF3N3O5S2/c1-19-3-10-23(11-4-19)36(43(40,41)25-12-5-20(2)6-13-25)18-28(37)34-21-7-14-24(15-8-21)42(38,39)35-22-9-16-27(30)26(17-22)29(31,32)33/h3-17,35H,18H2,1-2H3,(H,34,37). The van der Waals surface area contributed by atoms with Gasteiger partial charge in [-0.25, -0.2) is 16.8 Å². The second kappa shape index (κ2) is 12.3. The van der Waals surface area contributed by atoms with Gasteiger partial charge in [-0.2, -0.15) is 13.2 Å². The molecule has 14 heteroatoms. The van der Waals surface area contributed by atoms with E-state index in [0.717, 1.165) is 39.7 Å². The number of alkyl halides is 3. The summed E-state index contributed by atoms with van der Waals surface area (Å²) < 4.78 is 95.1. The van der Waals surface area contributed by atoms with E-state index >= 15 is 0 Å². The predicted octanol–water partition coefficient (Wildman–Crippen LogP) is 6.61. The highest BCUT2D eigenvalue weighted by Crippen LogP contribution is 2.36. The summed E-state index contributed by atoms with van der Waals surface area (Å²) in [6, 6.07) is 20.2. The minimum Gasteiger partial charge on any atom is -0.325 e. The van der Waals surface area contributed by atoms with E-state index in [1.807, 2.05) is 13.8 Å². The van der Waals surface area contributed by atoms with Gasteiger partial charge in [0.1, 0.15) is 6.54 Å². The summed E-state index contributed by atoms with van der Waals surface area (Å²) in [4.78, 5) is 12.7. The molecule has 0 saturated carbocycles. The molecule has 4 rings (SSSR count). The number of aryl methyl sites for hydroxylation is 2. The molecule has 0 fully saturated rings. The first-order chi connectivity index (χ1) is 20.1. The number of nitrogens with zero attached hydrogens (tertiary/aromatic N) is 1. The van der Waals surface area contributed by atoms with Crippen molar-refractivity contribution in [2.75, 3.05) is 20.9 Å². The van der Waals surface area contributed by atoms with Crippen molar-refractivity contribution < 1.29 is 34.8 Å². The Hall–Kier alpha value is -4.07. The van der Waals surface area contributed by atoms with Gasteiger partial charge in [0.05, 0.1) is 26.1 Å². The van der Waals surface area contributed by atoms with Crippen LogP contribution in [0.25, 0.3) is 0 Å². The van der Waals surface area contributed by atoms with Crippen LogP contribution in [0.2, 0.25) is 5.02 Å². The lowest BCUT2D eigenvalue weighted by Crippen LogP contribution is -2.38. The van der Waals surface area contributed by atoms with Crippen molar-refractivity contribution >= 4 is 54.6 Å². The maximum Gasteiger partial charge on any atom is 0.417 e. The Bertz CT molecular complexity index is 1850. The number of amides is 1. The van der Waals surface area contributed by atoms with Gasteiger partial charge in [0, 0.05) is 11.4 Å². The van der Waals surface area contributed by atoms with Crippen molar-refractivity contribution in [3.8, 4) is 0 Å². The van der Waals surface area contributed by atoms with Gasteiger partial charge in [0.15, 0.2) is 0 Å². The Labute approximate surface area is 252 Å². The fraction of sp³-hybridized carbons (Fsp3) is 0.138. The molecule has 226 valence electrons. The van der Waals surface area contributed by atoms with Gasteiger partial charge in [0.25, 0.3) is 20.0 Å². The third-order valence-electron chi connectivity index (χ3n) is 6.19. The van der Waals surface area contributed by atoms with Crippen LogP contribution in [0, 0.1) is 13.8 Å². The Balaban J connectivity index is 1.52. The maximum absolute atomic E-state index is 13.5. The van der Waals surface area contributed by atoms with E-state index in [1.54, 1.807) is 36.4 Å². The summed E-state index contributed by atoms with van der Waals surface area (Å²) in [7, 11) is -8.44. The fourth-order valence-electron chi connectivity index (χ4n) is 3.93. The van der Waals surface area contributed by atoms with E-state index in [4.69, 9.17) is 11.6 Å². The minimum atomic E-state index is -4.78. The van der Waals surface area contributed by atoms with Gasteiger partial charge >= 0.3 is 6.18 Å². The number of rotatable bonds is 9. The van der Waals surface area contributed by atoms with Crippen molar-refractivity contribution in [3.05, 3.63) is 113 Å². The van der Waals surface area contributed by atoms with Crippen molar-refractivity contribution in [1.29, 1.82) is 0 Å². The minimum absolute atomic E-state index is 0.00317. The summed E-state index contributed by atoms with van der Waals surface area (Å²) in [6.07, 6.45) is -4.78. The van der Waals surface area contributed by atoms with Crippen molar-refractivity contribution in [2.45, 2.75) is 29.8 Å². The molecule has 0 bridgehead atoms. The third kappa shape index (κ3) is 7.66. The number of nitrogens with one attached hydrogen (secondary N) is 2. The van der Waals surface area contributed by atoms with Gasteiger partial charge in [0.2, 0.25) is 5.91 Å². The fourth-order valence-corrected chi connectivity index (χ4v) is 6.63. The molecule has 0 atom stereocenters. The van der Waals surface area contributed by atoms with Crippen molar-refractivity contribution in [1.82, 2.24) is 0 Å². The van der Waals surface area contributed by atoms with E-state index in [-0.39, 0.29) is 26.9 Å². The first kappa shape index (κ1) is 31.9. The lowest BCUT2D eigenvalue weighted by Gasteiger charge is -2.24. The molecule has 43 heavy (non-hydrogen) atoms. The van der Waals surface area contributed by atoms with Crippen LogP contribution in [0.1, 0.15) is 16.7 Å². The Kier molecular flexibility index (Phi) is 9.09. The molecule has 0 unspecified atom stereocenters. The number of sulfonamides is 2. The highest BCUT2D eigenvalue weighted by molar-refractivity contribution is 7.93. The van der Waals surface area contributed by atoms with Crippen LogP contribution < -0.4 is 14.3 Å². The molecule has 4 aromatic rings. The van der Waals surface area contributed by atoms with Crippen molar-refractivity contribution in [2.24, 2.45) is 0 Å². The zero-order valence-electron chi connectivity index (χ0n) is 22.7. The molecular formula is C29H25ClF3N3O5S2. The van der Waals surface area contributed by atoms with Crippen LogP contribution >= 0.6 is 11.6 Å².